The van der Waals surface area contributed by atoms with Crippen molar-refractivity contribution in [2.75, 3.05) is 13.2 Å². The molecule has 0 saturated carbocycles. The molecule has 24 heavy (non-hydrogen) atoms. The van der Waals surface area contributed by atoms with Crippen molar-refractivity contribution in [1.29, 1.82) is 0 Å². The van der Waals surface area contributed by atoms with Gasteiger partial charge in [0.2, 0.25) is 0 Å². The molecule has 0 spiro atoms. The Labute approximate surface area is 141 Å². The van der Waals surface area contributed by atoms with E-state index in [1.54, 1.807) is 18.2 Å². The van der Waals surface area contributed by atoms with Crippen LogP contribution in [0.3, 0.4) is 0 Å². The Morgan fingerprint density at radius 3 is 2.50 bits per heavy atom. The molecule has 0 heterocycles. The molecule has 0 aliphatic heterocycles. The van der Waals surface area contributed by atoms with Gasteiger partial charge in [0.25, 0.3) is 5.91 Å². The third-order valence-electron chi connectivity index (χ3n) is 3.61. The number of carboxylic acids is 1. The molecule has 0 bridgehead atoms. The maximum atomic E-state index is 11.8. The van der Waals surface area contributed by atoms with E-state index in [1.807, 2.05) is 30.3 Å². The minimum atomic E-state index is -0.955. The van der Waals surface area contributed by atoms with Gasteiger partial charge in [-0.3, -0.25) is 4.79 Å². The molecule has 5 nitrogen and oxygen atoms in total. The van der Waals surface area contributed by atoms with Crippen molar-refractivity contribution < 1.29 is 19.4 Å². The highest BCUT2D eigenvalue weighted by Crippen LogP contribution is 2.12. The van der Waals surface area contributed by atoms with Crippen molar-refractivity contribution in [3.63, 3.8) is 0 Å². The lowest BCUT2D eigenvalue weighted by atomic mass is 10.1. The number of carbonyl (C=O) groups is 2. The molecule has 5 heteroatoms. The fourth-order valence-corrected chi connectivity index (χ4v) is 2.23. The largest absolute Gasteiger partial charge is 0.484 e. The first-order chi connectivity index (χ1) is 11.6. The summed E-state index contributed by atoms with van der Waals surface area (Å²) in [5, 5.41) is 11.7. The lowest BCUT2D eigenvalue weighted by Gasteiger charge is -2.08. The van der Waals surface area contributed by atoms with Gasteiger partial charge in [-0.2, -0.15) is 0 Å². The smallest absolute Gasteiger partial charge is 0.335 e. The van der Waals surface area contributed by atoms with E-state index in [1.165, 1.54) is 5.56 Å². The first-order valence-corrected chi connectivity index (χ1v) is 7.89. The van der Waals surface area contributed by atoms with Gasteiger partial charge in [0, 0.05) is 6.54 Å². The summed E-state index contributed by atoms with van der Waals surface area (Å²) in [5.41, 5.74) is 2.33. The average molecular weight is 327 g/mol. The van der Waals surface area contributed by atoms with Gasteiger partial charge in [-0.1, -0.05) is 31.2 Å². The molecule has 0 aliphatic carbocycles. The van der Waals surface area contributed by atoms with Gasteiger partial charge in [-0.15, -0.1) is 0 Å². The summed E-state index contributed by atoms with van der Waals surface area (Å²) in [4.78, 5) is 22.7. The maximum Gasteiger partial charge on any atom is 0.335 e. The summed E-state index contributed by atoms with van der Waals surface area (Å²) >= 11 is 0. The van der Waals surface area contributed by atoms with Crippen LogP contribution in [0.1, 0.15) is 28.4 Å². The first kappa shape index (κ1) is 17.5. The zero-order valence-corrected chi connectivity index (χ0v) is 13.6. The van der Waals surface area contributed by atoms with Crippen LogP contribution in [0.5, 0.6) is 5.75 Å². The molecule has 2 rings (SSSR count). The summed E-state index contributed by atoms with van der Waals surface area (Å²) in [6.07, 6.45) is 1.53. The number of rotatable bonds is 8. The van der Waals surface area contributed by atoms with Crippen LogP contribution in [0.2, 0.25) is 0 Å². The van der Waals surface area contributed by atoms with Crippen LogP contribution < -0.4 is 10.1 Å². The van der Waals surface area contributed by atoms with E-state index in [2.05, 4.69) is 12.2 Å². The van der Waals surface area contributed by atoms with E-state index in [4.69, 9.17) is 9.84 Å². The lowest BCUT2D eigenvalue weighted by Crippen LogP contribution is -2.30. The molecule has 2 aromatic rings. The third-order valence-corrected chi connectivity index (χ3v) is 3.61. The SMILES string of the molecule is CCc1ccc(OCC(=O)NCCc2cccc(C(=O)O)c2)cc1. The van der Waals surface area contributed by atoms with E-state index in [0.717, 1.165) is 12.0 Å². The molecule has 2 N–H and O–H groups in total. The number of hydrogen-bond acceptors (Lipinski definition) is 3. The summed E-state index contributed by atoms with van der Waals surface area (Å²) in [7, 11) is 0. The van der Waals surface area contributed by atoms with Gasteiger partial charge in [-0.25, -0.2) is 4.79 Å². The van der Waals surface area contributed by atoms with Crippen molar-refractivity contribution in [1.82, 2.24) is 5.32 Å². The second-order valence-electron chi connectivity index (χ2n) is 5.39. The molecule has 1 amide bonds. The quantitative estimate of drug-likeness (QED) is 0.781. The van der Waals surface area contributed by atoms with Crippen LogP contribution in [-0.2, 0) is 17.6 Å². The standard InChI is InChI=1S/C19H21NO4/c1-2-14-6-8-17(9-7-14)24-13-18(21)20-11-10-15-4-3-5-16(12-15)19(22)23/h3-9,12H,2,10-11,13H2,1H3,(H,20,21)(H,22,23). The van der Waals surface area contributed by atoms with Crippen molar-refractivity contribution in [3.05, 3.63) is 65.2 Å². The normalized spacial score (nSPS) is 10.2. The molecule has 126 valence electrons. The van der Waals surface area contributed by atoms with Crippen LogP contribution in [0, 0.1) is 0 Å². The zero-order chi connectivity index (χ0) is 17.4. The average Bonchev–Trinajstić information content (AvgIpc) is 2.60. The van der Waals surface area contributed by atoms with E-state index in [9.17, 15) is 9.59 Å². The van der Waals surface area contributed by atoms with Gasteiger partial charge < -0.3 is 15.2 Å². The predicted molar refractivity (Wildman–Crippen MR) is 91.4 cm³/mol. The summed E-state index contributed by atoms with van der Waals surface area (Å²) in [6.45, 7) is 2.47. The first-order valence-electron chi connectivity index (χ1n) is 7.89. The Morgan fingerprint density at radius 2 is 1.83 bits per heavy atom. The third kappa shape index (κ3) is 5.43. The summed E-state index contributed by atoms with van der Waals surface area (Å²) in [6, 6.07) is 14.3. The molecule has 0 aromatic heterocycles. The summed E-state index contributed by atoms with van der Waals surface area (Å²) in [5.74, 6) is -0.496. The number of amides is 1. The highest BCUT2D eigenvalue weighted by atomic mass is 16.5. The number of aryl methyl sites for hydroxylation is 1. The molecular formula is C19H21NO4. The number of benzene rings is 2. The van der Waals surface area contributed by atoms with Crippen LogP contribution >= 0.6 is 0 Å². The molecule has 0 saturated heterocycles. The van der Waals surface area contributed by atoms with E-state index >= 15 is 0 Å². The van der Waals surface area contributed by atoms with Crippen molar-refractivity contribution in [3.8, 4) is 5.75 Å². The van der Waals surface area contributed by atoms with Crippen molar-refractivity contribution in [2.24, 2.45) is 0 Å². The Kier molecular flexibility index (Phi) is 6.37. The van der Waals surface area contributed by atoms with E-state index in [-0.39, 0.29) is 18.1 Å². The number of ether oxygens (including phenoxy) is 1. The van der Waals surface area contributed by atoms with Crippen LogP contribution in [-0.4, -0.2) is 30.1 Å². The molecule has 0 aliphatic rings. The molecule has 2 aromatic carbocycles. The number of hydrogen-bond donors (Lipinski definition) is 2. The Bertz CT molecular complexity index is 695. The number of carbonyl (C=O) groups excluding carboxylic acids is 1. The lowest BCUT2D eigenvalue weighted by molar-refractivity contribution is -0.123. The van der Waals surface area contributed by atoms with Gasteiger partial charge in [-0.05, 0) is 48.2 Å². The van der Waals surface area contributed by atoms with E-state index < -0.39 is 5.97 Å². The van der Waals surface area contributed by atoms with Crippen molar-refractivity contribution in [2.45, 2.75) is 19.8 Å². The Hall–Kier alpha value is -2.82. The molecule has 0 unspecified atom stereocenters. The Morgan fingerprint density at radius 1 is 1.08 bits per heavy atom. The molecule has 0 fully saturated rings. The van der Waals surface area contributed by atoms with Crippen LogP contribution in [0.4, 0.5) is 0 Å². The summed E-state index contributed by atoms with van der Waals surface area (Å²) < 4.78 is 5.43. The van der Waals surface area contributed by atoms with Crippen molar-refractivity contribution >= 4 is 11.9 Å². The number of aromatic carboxylic acids is 1. The second kappa shape index (κ2) is 8.72. The fraction of sp³-hybridized carbons (Fsp3) is 0.263. The van der Waals surface area contributed by atoms with Gasteiger partial charge in [0.05, 0.1) is 5.56 Å². The molecule has 0 atom stereocenters. The molecule has 0 radical (unpaired) electrons. The predicted octanol–water partition coefficient (Wildman–Crippen LogP) is 2.68. The monoisotopic (exact) mass is 327 g/mol. The zero-order valence-electron chi connectivity index (χ0n) is 13.6. The highest BCUT2D eigenvalue weighted by Gasteiger charge is 2.05. The van der Waals surface area contributed by atoms with Crippen LogP contribution in [0.25, 0.3) is 0 Å². The number of carboxylic acid groups (broad SMARTS) is 1. The Balaban J connectivity index is 1.73. The van der Waals surface area contributed by atoms with E-state index in [0.29, 0.717) is 18.7 Å². The molecular weight excluding hydrogens is 306 g/mol. The van der Waals surface area contributed by atoms with Crippen LogP contribution in [0.15, 0.2) is 48.5 Å². The van der Waals surface area contributed by atoms with Gasteiger partial charge in [0.15, 0.2) is 6.61 Å². The topological polar surface area (TPSA) is 75.6 Å². The highest BCUT2D eigenvalue weighted by molar-refractivity contribution is 5.87. The second-order valence-corrected chi connectivity index (χ2v) is 5.39. The minimum Gasteiger partial charge on any atom is -0.484 e. The maximum absolute atomic E-state index is 11.8. The number of nitrogens with one attached hydrogen (secondary N) is 1. The minimum absolute atomic E-state index is 0.0410. The van der Waals surface area contributed by atoms with Gasteiger partial charge >= 0.3 is 5.97 Å². The van der Waals surface area contributed by atoms with Gasteiger partial charge in [0.1, 0.15) is 5.75 Å². The fourth-order valence-electron chi connectivity index (χ4n) is 2.23.